The number of urea groups is 1. The molecule has 2 aromatic rings. The van der Waals surface area contributed by atoms with E-state index in [9.17, 15) is 4.79 Å². The summed E-state index contributed by atoms with van der Waals surface area (Å²) in [4.78, 5) is 16.5. The normalized spacial score (nSPS) is 15.3. The molecule has 1 saturated heterocycles. The predicted molar refractivity (Wildman–Crippen MR) is 101 cm³/mol. The minimum atomic E-state index is 0.0233. The van der Waals surface area contributed by atoms with E-state index in [1.54, 1.807) is 16.2 Å². The number of nitrogens with one attached hydrogen (secondary N) is 1. The Morgan fingerprint density at radius 3 is 2.79 bits per heavy atom. The van der Waals surface area contributed by atoms with Gasteiger partial charge in [0.1, 0.15) is 0 Å². The van der Waals surface area contributed by atoms with Gasteiger partial charge in [-0.15, -0.1) is 0 Å². The summed E-state index contributed by atoms with van der Waals surface area (Å²) in [6.45, 7) is 4.77. The van der Waals surface area contributed by atoms with E-state index in [1.807, 2.05) is 12.4 Å². The van der Waals surface area contributed by atoms with Crippen molar-refractivity contribution in [1.82, 2.24) is 10.2 Å². The van der Waals surface area contributed by atoms with Crippen LogP contribution in [0.15, 0.2) is 41.1 Å². The number of thiophene rings is 1. The molecule has 2 heterocycles. The summed E-state index contributed by atoms with van der Waals surface area (Å²) in [5.41, 5.74) is 3.76. The van der Waals surface area contributed by atoms with Crippen molar-refractivity contribution in [2.45, 2.75) is 32.4 Å². The second-order valence-electron chi connectivity index (χ2n) is 6.54. The number of hydrogen-bond acceptors (Lipinski definition) is 3. The van der Waals surface area contributed by atoms with E-state index in [0.29, 0.717) is 6.54 Å². The largest absolute Gasteiger partial charge is 0.371 e. The number of nitrogens with zero attached hydrogens (tertiary/aromatic N) is 2. The molecular weight excluding hydrogens is 318 g/mol. The van der Waals surface area contributed by atoms with E-state index in [1.165, 1.54) is 16.8 Å². The van der Waals surface area contributed by atoms with Crippen LogP contribution in [0.2, 0.25) is 0 Å². The van der Waals surface area contributed by atoms with Gasteiger partial charge in [-0.3, -0.25) is 0 Å². The number of benzene rings is 1. The maximum atomic E-state index is 12.3. The van der Waals surface area contributed by atoms with E-state index < -0.39 is 0 Å². The molecule has 0 spiro atoms. The minimum Gasteiger partial charge on any atom is -0.371 e. The molecule has 1 aromatic heterocycles. The summed E-state index contributed by atoms with van der Waals surface area (Å²) in [5.74, 6) is 0. The number of hydrogen-bond donors (Lipinski definition) is 1. The summed E-state index contributed by atoms with van der Waals surface area (Å²) in [5, 5.41) is 7.31. The maximum absolute atomic E-state index is 12.3. The Kier molecular flexibility index (Phi) is 5.41. The molecule has 0 unspecified atom stereocenters. The molecule has 0 aliphatic carbocycles. The first-order valence-electron chi connectivity index (χ1n) is 8.46. The first kappa shape index (κ1) is 16.8. The zero-order chi connectivity index (χ0) is 16.9. The van der Waals surface area contributed by atoms with Crippen molar-refractivity contribution in [3.8, 4) is 0 Å². The highest BCUT2D eigenvalue weighted by molar-refractivity contribution is 7.07. The third-order valence-electron chi connectivity index (χ3n) is 4.54. The van der Waals surface area contributed by atoms with Gasteiger partial charge >= 0.3 is 6.03 Å². The summed E-state index contributed by atoms with van der Waals surface area (Å²) in [7, 11) is 1.86. The Labute approximate surface area is 148 Å². The van der Waals surface area contributed by atoms with Crippen LogP contribution in [-0.2, 0) is 6.54 Å². The lowest BCUT2D eigenvalue weighted by Gasteiger charge is -2.34. The highest BCUT2D eigenvalue weighted by atomic mass is 32.1. The van der Waals surface area contributed by atoms with Gasteiger partial charge in [-0.1, -0.05) is 12.1 Å². The van der Waals surface area contributed by atoms with E-state index in [4.69, 9.17) is 0 Å². The number of aryl methyl sites for hydroxylation is 1. The van der Waals surface area contributed by atoms with Gasteiger partial charge in [-0.2, -0.15) is 11.3 Å². The van der Waals surface area contributed by atoms with Gasteiger partial charge in [0.25, 0.3) is 0 Å². The van der Waals surface area contributed by atoms with E-state index in [-0.39, 0.29) is 12.1 Å². The fourth-order valence-electron chi connectivity index (χ4n) is 3.12. The lowest BCUT2D eigenvalue weighted by molar-refractivity contribution is 0.200. The van der Waals surface area contributed by atoms with Crippen LogP contribution in [0, 0.1) is 6.92 Å². The molecule has 0 bridgehead atoms. The van der Waals surface area contributed by atoms with Crippen molar-refractivity contribution in [2.24, 2.45) is 0 Å². The average molecular weight is 343 g/mol. The van der Waals surface area contributed by atoms with Crippen molar-refractivity contribution >= 4 is 23.1 Å². The van der Waals surface area contributed by atoms with Crippen molar-refractivity contribution in [1.29, 1.82) is 0 Å². The molecule has 0 saturated carbocycles. The summed E-state index contributed by atoms with van der Waals surface area (Å²) >= 11 is 1.66. The smallest absolute Gasteiger partial charge is 0.317 e. The highest BCUT2D eigenvalue weighted by Crippen LogP contribution is 2.21. The molecule has 3 rings (SSSR count). The van der Waals surface area contributed by atoms with E-state index in [0.717, 1.165) is 25.9 Å². The number of rotatable bonds is 4. The van der Waals surface area contributed by atoms with Crippen molar-refractivity contribution < 1.29 is 4.79 Å². The number of anilines is 1. The zero-order valence-corrected chi connectivity index (χ0v) is 15.2. The predicted octanol–water partition coefficient (Wildman–Crippen LogP) is 3.87. The summed E-state index contributed by atoms with van der Waals surface area (Å²) in [6, 6.07) is 11.0. The van der Waals surface area contributed by atoms with Gasteiger partial charge in [-0.25, -0.2) is 4.79 Å². The molecule has 0 atom stereocenters. The molecule has 1 aliphatic heterocycles. The van der Waals surface area contributed by atoms with Crippen molar-refractivity contribution in [2.75, 3.05) is 25.0 Å². The number of piperidine rings is 1. The zero-order valence-electron chi connectivity index (χ0n) is 14.4. The second-order valence-corrected chi connectivity index (χ2v) is 7.32. The molecule has 2 amide bonds. The number of carbonyl (C=O) groups is 1. The standard InChI is InChI=1S/C19H25N3OS/c1-15-4-3-5-18(12-15)22-9-6-17(7-10-22)20-19(23)21(2)13-16-8-11-24-14-16/h3-5,8,11-12,14,17H,6-7,9-10,13H2,1-2H3,(H,20,23). The number of carbonyl (C=O) groups excluding carboxylic acids is 1. The van der Waals surface area contributed by atoms with Crippen LogP contribution in [0.5, 0.6) is 0 Å². The number of amides is 2. The SMILES string of the molecule is Cc1cccc(N2CCC(NC(=O)N(C)Cc3ccsc3)CC2)c1. The monoisotopic (exact) mass is 343 g/mol. The molecule has 1 aromatic carbocycles. The molecule has 1 fully saturated rings. The van der Waals surface area contributed by atoms with Crippen LogP contribution in [0.4, 0.5) is 10.5 Å². The van der Waals surface area contributed by atoms with Crippen LogP contribution in [-0.4, -0.2) is 37.1 Å². The lowest BCUT2D eigenvalue weighted by atomic mass is 10.0. The van der Waals surface area contributed by atoms with E-state index >= 15 is 0 Å². The molecule has 5 heteroatoms. The van der Waals surface area contributed by atoms with Crippen LogP contribution < -0.4 is 10.2 Å². The molecule has 128 valence electrons. The first-order chi connectivity index (χ1) is 11.6. The highest BCUT2D eigenvalue weighted by Gasteiger charge is 2.22. The van der Waals surface area contributed by atoms with Crippen molar-refractivity contribution in [3.63, 3.8) is 0 Å². The van der Waals surface area contributed by atoms with Gasteiger partial charge in [0.2, 0.25) is 0 Å². The fraction of sp³-hybridized carbons (Fsp3) is 0.421. The van der Waals surface area contributed by atoms with Gasteiger partial charge in [0.05, 0.1) is 0 Å². The summed E-state index contributed by atoms with van der Waals surface area (Å²) < 4.78 is 0. The molecule has 0 radical (unpaired) electrons. The van der Waals surface area contributed by atoms with Crippen LogP contribution in [0.1, 0.15) is 24.0 Å². The molecular formula is C19H25N3OS. The molecule has 4 nitrogen and oxygen atoms in total. The fourth-order valence-corrected chi connectivity index (χ4v) is 3.78. The Morgan fingerprint density at radius 2 is 2.12 bits per heavy atom. The minimum absolute atomic E-state index is 0.0233. The maximum Gasteiger partial charge on any atom is 0.317 e. The lowest BCUT2D eigenvalue weighted by Crippen LogP contribution is -2.48. The third-order valence-corrected chi connectivity index (χ3v) is 5.27. The second kappa shape index (κ2) is 7.71. The van der Waals surface area contributed by atoms with Gasteiger partial charge in [0.15, 0.2) is 0 Å². The van der Waals surface area contributed by atoms with Crippen molar-refractivity contribution in [3.05, 3.63) is 52.2 Å². The van der Waals surface area contributed by atoms with Crippen LogP contribution >= 0.6 is 11.3 Å². The van der Waals surface area contributed by atoms with Crippen LogP contribution in [0.3, 0.4) is 0 Å². The summed E-state index contributed by atoms with van der Waals surface area (Å²) in [6.07, 6.45) is 1.98. The molecule has 24 heavy (non-hydrogen) atoms. The van der Waals surface area contributed by atoms with Crippen LogP contribution in [0.25, 0.3) is 0 Å². The topological polar surface area (TPSA) is 35.6 Å². The van der Waals surface area contributed by atoms with E-state index in [2.05, 4.69) is 52.9 Å². The Hall–Kier alpha value is -2.01. The Bertz CT molecular complexity index is 663. The average Bonchev–Trinajstić information content (AvgIpc) is 3.08. The van der Waals surface area contributed by atoms with Gasteiger partial charge in [-0.05, 0) is 59.9 Å². The molecule has 1 aliphatic rings. The Balaban J connectivity index is 1.47. The first-order valence-corrected chi connectivity index (χ1v) is 9.40. The van der Waals surface area contributed by atoms with Gasteiger partial charge in [0, 0.05) is 38.4 Å². The van der Waals surface area contributed by atoms with Gasteiger partial charge < -0.3 is 15.1 Å². The Morgan fingerprint density at radius 1 is 1.33 bits per heavy atom. The quantitative estimate of drug-likeness (QED) is 0.915. The third kappa shape index (κ3) is 4.29. The molecule has 1 N–H and O–H groups in total.